The Morgan fingerprint density at radius 3 is 2.73 bits per heavy atom. The van der Waals surface area contributed by atoms with Crippen molar-refractivity contribution in [1.82, 2.24) is 0 Å². The highest BCUT2D eigenvalue weighted by Crippen LogP contribution is 2.34. The molecule has 0 saturated carbocycles. The third-order valence-electron chi connectivity index (χ3n) is 1.22. The van der Waals surface area contributed by atoms with Crippen LogP contribution in [0.2, 0.25) is 5.02 Å². The second-order valence-electron chi connectivity index (χ2n) is 1.94. The fraction of sp³-hybridized carbons (Fsp3) is 0.143. The van der Waals surface area contributed by atoms with Crippen molar-refractivity contribution in [3.63, 3.8) is 0 Å². The molecule has 0 aromatic heterocycles. The molecule has 0 aliphatic heterocycles. The van der Waals surface area contributed by atoms with Crippen molar-refractivity contribution in [2.24, 2.45) is 0 Å². The van der Waals surface area contributed by atoms with Gasteiger partial charge in [-0.15, -0.1) is 0 Å². The van der Waals surface area contributed by atoms with Gasteiger partial charge in [-0.3, -0.25) is 0 Å². The zero-order chi connectivity index (χ0) is 8.43. The van der Waals surface area contributed by atoms with E-state index < -0.39 is 0 Å². The molecule has 1 aromatic rings. The van der Waals surface area contributed by atoms with Gasteiger partial charge < -0.3 is 9.84 Å². The topological polar surface area (TPSA) is 29.5 Å². The number of hydrogen-bond acceptors (Lipinski definition) is 2. The lowest BCUT2D eigenvalue weighted by atomic mass is 10.3. The summed E-state index contributed by atoms with van der Waals surface area (Å²) in [4.78, 5) is 0. The van der Waals surface area contributed by atoms with Gasteiger partial charge in [0.25, 0.3) is 0 Å². The average molecular weight is 237 g/mol. The van der Waals surface area contributed by atoms with Gasteiger partial charge in [0, 0.05) is 6.07 Å². The van der Waals surface area contributed by atoms with Gasteiger partial charge in [0.1, 0.15) is 11.5 Å². The summed E-state index contributed by atoms with van der Waals surface area (Å²) in [5, 5.41) is 9.39. The number of phenolic OH excluding ortho intramolecular Hbond substituents is 1. The normalized spacial score (nSPS) is 9.73. The summed E-state index contributed by atoms with van der Waals surface area (Å²) in [6.07, 6.45) is 0. The van der Waals surface area contributed by atoms with Crippen LogP contribution in [0.5, 0.6) is 11.5 Å². The Balaban J connectivity index is 3.21. The van der Waals surface area contributed by atoms with E-state index in [-0.39, 0.29) is 10.8 Å². The SMILES string of the molecule is COc1cc(Cl)c(O)cc1Br. The zero-order valence-corrected chi connectivity index (χ0v) is 8.11. The van der Waals surface area contributed by atoms with Gasteiger partial charge in [-0.05, 0) is 22.0 Å². The minimum atomic E-state index is 0.0411. The quantitative estimate of drug-likeness (QED) is 0.814. The molecule has 60 valence electrons. The summed E-state index contributed by atoms with van der Waals surface area (Å²) >= 11 is 8.81. The fourth-order valence-electron chi connectivity index (χ4n) is 0.675. The van der Waals surface area contributed by atoms with E-state index >= 15 is 0 Å². The van der Waals surface area contributed by atoms with E-state index in [1.165, 1.54) is 13.2 Å². The molecule has 0 aliphatic rings. The van der Waals surface area contributed by atoms with Crippen molar-refractivity contribution in [1.29, 1.82) is 0 Å². The first kappa shape index (κ1) is 8.68. The molecule has 0 unspecified atom stereocenters. The molecule has 0 amide bonds. The standard InChI is InChI=1S/C7H6BrClO2/c1-11-7-3-5(9)6(10)2-4(7)8/h2-3,10H,1H3. The van der Waals surface area contributed by atoms with Gasteiger partial charge in [0.2, 0.25) is 0 Å². The lowest BCUT2D eigenvalue weighted by Crippen LogP contribution is -1.83. The molecule has 0 heterocycles. The number of aromatic hydroxyl groups is 1. The molecule has 4 heteroatoms. The Hall–Kier alpha value is -0.410. The minimum Gasteiger partial charge on any atom is -0.506 e. The smallest absolute Gasteiger partial charge is 0.135 e. The molecule has 2 nitrogen and oxygen atoms in total. The molecule has 0 aliphatic carbocycles. The van der Waals surface area contributed by atoms with Crippen molar-refractivity contribution < 1.29 is 9.84 Å². The number of halogens is 2. The highest BCUT2D eigenvalue weighted by atomic mass is 79.9. The molecular weight excluding hydrogens is 231 g/mol. The Morgan fingerprint density at radius 1 is 1.55 bits per heavy atom. The predicted octanol–water partition coefficient (Wildman–Crippen LogP) is 2.82. The van der Waals surface area contributed by atoms with Crippen LogP contribution in [0.25, 0.3) is 0 Å². The van der Waals surface area contributed by atoms with Crippen molar-refractivity contribution in [3.8, 4) is 11.5 Å². The van der Waals surface area contributed by atoms with Crippen molar-refractivity contribution in [3.05, 3.63) is 21.6 Å². The van der Waals surface area contributed by atoms with E-state index in [4.69, 9.17) is 21.4 Å². The molecule has 0 fully saturated rings. The minimum absolute atomic E-state index is 0.0411. The van der Waals surface area contributed by atoms with Gasteiger partial charge in [0.05, 0.1) is 16.6 Å². The fourth-order valence-corrected chi connectivity index (χ4v) is 1.32. The third kappa shape index (κ3) is 1.79. The van der Waals surface area contributed by atoms with Gasteiger partial charge in [-0.1, -0.05) is 11.6 Å². The largest absolute Gasteiger partial charge is 0.506 e. The van der Waals surface area contributed by atoms with Gasteiger partial charge >= 0.3 is 0 Å². The van der Waals surface area contributed by atoms with E-state index in [9.17, 15) is 0 Å². The first-order valence-electron chi connectivity index (χ1n) is 2.87. The predicted molar refractivity (Wildman–Crippen MR) is 47.4 cm³/mol. The highest BCUT2D eigenvalue weighted by Gasteiger charge is 2.04. The number of benzene rings is 1. The number of ether oxygens (including phenoxy) is 1. The monoisotopic (exact) mass is 236 g/mol. The van der Waals surface area contributed by atoms with Crippen LogP contribution in [0, 0.1) is 0 Å². The van der Waals surface area contributed by atoms with Crippen LogP contribution in [-0.2, 0) is 0 Å². The van der Waals surface area contributed by atoms with Crippen LogP contribution in [0.3, 0.4) is 0 Å². The van der Waals surface area contributed by atoms with E-state index in [0.29, 0.717) is 10.2 Å². The van der Waals surface area contributed by atoms with Crippen molar-refractivity contribution in [2.75, 3.05) is 7.11 Å². The second-order valence-corrected chi connectivity index (χ2v) is 3.20. The maximum absolute atomic E-state index is 9.10. The maximum atomic E-state index is 9.10. The number of phenols is 1. The molecule has 1 N–H and O–H groups in total. The summed E-state index contributed by atoms with van der Waals surface area (Å²) in [6, 6.07) is 3.03. The lowest BCUT2D eigenvalue weighted by molar-refractivity contribution is 0.409. The van der Waals surface area contributed by atoms with Gasteiger partial charge in [0.15, 0.2) is 0 Å². The molecule has 0 radical (unpaired) electrons. The Morgan fingerprint density at radius 2 is 2.18 bits per heavy atom. The van der Waals surface area contributed by atoms with E-state index in [2.05, 4.69) is 15.9 Å². The van der Waals surface area contributed by atoms with Crippen molar-refractivity contribution in [2.45, 2.75) is 0 Å². The maximum Gasteiger partial charge on any atom is 0.135 e. The summed E-state index contributed by atoms with van der Waals surface area (Å²) in [5.74, 6) is 0.646. The van der Waals surface area contributed by atoms with Crippen LogP contribution in [0.1, 0.15) is 0 Å². The molecular formula is C7H6BrClO2. The second kappa shape index (κ2) is 3.32. The van der Waals surface area contributed by atoms with Crippen LogP contribution < -0.4 is 4.74 Å². The summed E-state index contributed by atoms with van der Waals surface area (Å²) in [7, 11) is 1.54. The van der Waals surface area contributed by atoms with Gasteiger partial charge in [-0.2, -0.15) is 0 Å². The number of hydrogen-bond donors (Lipinski definition) is 1. The average Bonchev–Trinajstić information content (AvgIpc) is 1.97. The third-order valence-corrected chi connectivity index (χ3v) is 2.14. The summed E-state index contributed by atoms with van der Waals surface area (Å²) in [5.41, 5.74) is 0. The highest BCUT2D eigenvalue weighted by molar-refractivity contribution is 9.10. The Kier molecular flexibility index (Phi) is 2.62. The van der Waals surface area contributed by atoms with Crippen LogP contribution in [-0.4, -0.2) is 12.2 Å². The molecule has 0 saturated heterocycles. The first-order valence-corrected chi connectivity index (χ1v) is 4.04. The summed E-state index contributed by atoms with van der Waals surface area (Å²) < 4.78 is 5.62. The Labute approximate surface area is 77.9 Å². The lowest BCUT2D eigenvalue weighted by Gasteiger charge is -2.03. The van der Waals surface area contributed by atoms with Crippen LogP contribution in [0.15, 0.2) is 16.6 Å². The van der Waals surface area contributed by atoms with E-state index in [1.807, 2.05) is 0 Å². The molecule has 1 rings (SSSR count). The van der Waals surface area contributed by atoms with Crippen molar-refractivity contribution >= 4 is 27.5 Å². The Bertz CT molecular complexity index is 275. The molecule has 0 spiro atoms. The van der Waals surface area contributed by atoms with Gasteiger partial charge in [-0.25, -0.2) is 0 Å². The summed E-state index contributed by atoms with van der Waals surface area (Å²) in [6.45, 7) is 0. The first-order chi connectivity index (χ1) is 5.15. The number of methoxy groups -OCH3 is 1. The van der Waals surface area contributed by atoms with Crippen LogP contribution >= 0.6 is 27.5 Å². The molecule has 0 atom stereocenters. The molecule has 1 aromatic carbocycles. The zero-order valence-electron chi connectivity index (χ0n) is 5.77. The van der Waals surface area contributed by atoms with Crippen LogP contribution in [0.4, 0.5) is 0 Å². The van der Waals surface area contributed by atoms with E-state index in [1.54, 1.807) is 6.07 Å². The van der Waals surface area contributed by atoms with E-state index in [0.717, 1.165) is 0 Å². The molecule has 0 bridgehead atoms. The number of rotatable bonds is 1. The molecule has 11 heavy (non-hydrogen) atoms.